The van der Waals surface area contributed by atoms with Crippen molar-refractivity contribution in [1.82, 2.24) is 4.72 Å². The molecule has 0 unspecified atom stereocenters. The van der Waals surface area contributed by atoms with Gasteiger partial charge in [-0.1, -0.05) is 6.07 Å². The van der Waals surface area contributed by atoms with Crippen LogP contribution in [0.4, 0.5) is 5.69 Å². The molecule has 0 heterocycles. The summed E-state index contributed by atoms with van der Waals surface area (Å²) < 4.78 is 27.6. The van der Waals surface area contributed by atoms with Crippen molar-refractivity contribution in [1.29, 1.82) is 0 Å². The van der Waals surface area contributed by atoms with E-state index in [2.05, 4.69) is 10.0 Å². The number of hydrogen-bond acceptors (Lipinski definition) is 4. The van der Waals surface area contributed by atoms with Crippen LogP contribution in [0.5, 0.6) is 0 Å². The molecule has 0 aliphatic carbocycles. The molecule has 26 heavy (non-hydrogen) atoms. The molecule has 0 radical (unpaired) electrons. The summed E-state index contributed by atoms with van der Waals surface area (Å²) in [5.74, 6) is -0.341. The molecule has 2 aromatic rings. The Kier molecular flexibility index (Phi) is 6.16. The third-order valence-corrected chi connectivity index (χ3v) is 6.05. The van der Waals surface area contributed by atoms with Crippen LogP contribution in [-0.4, -0.2) is 26.1 Å². The normalized spacial score (nSPS) is 12.0. The predicted molar refractivity (Wildman–Crippen MR) is 107 cm³/mol. The van der Waals surface area contributed by atoms with Gasteiger partial charge in [-0.2, -0.15) is 0 Å². The molecule has 2 aromatic carbocycles. The van der Waals surface area contributed by atoms with Crippen LogP contribution < -0.4 is 10.0 Å². The maximum atomic E-state index is 12.6. The van der Waals surface area contributed by atoms with Crippen molar-refractivity contribution in [3.05, 3.63) is 53.6 Å². The molecule has 0 aliphatic rings. The second-order valence-electron chi connectivity index (χ2n) is 7.01. The first-order valence-corrected chi connectivity index (χ1v) is 10.8. The van der Waals surface area contributed by atoms with Gasteiger partial charge in [0.25, 0.3) is 5.91 Å². The Morgan fingerprint density at radius 2 is 1.65 bits per heavy atom. The van der Waals surface area contributed by atoms with E-state index in [0.717, 1.165) is 4.90 Å². The molecular weight excluding hydrogens is 368 g/mol. The molecule has 0 bridgehead atoms. The van der Waals surface area contributed by atoms with Crippen LogP contribution in [0.1, 0.15) is 36.7 Å². The molecule has 0 fully saturated rings. The van der Waals surface area contributed by atoms with E-state index in [9.17, 15) is 13.2 Å². The third-order valence-electron chi connectivity index (χ3n) is 3.55. The molecule has 0 atom stereocenters. The van der Waals surface area contributed by atoms with Crippen LogP contribution in [0.15, 0.2) is 52.3 Å². The van der Waals surface area contributed by atoms with Crippen molar-refractivity contribution in [2.75, 3.05) is 11.6 Å². The first-order chi connectivity index (χ1) is 12.0. The number of hydrogen-bond donors (Lipinski definition) is 2. The first kappa shape index (κ1) is 20.5. The smallest absolute Gasteiger partial charge is 0.255 e. The summed E-state index contributed by atoms with van der Waals surface area (Å²) >= 11 is 1.62. The van der Waals surface area contributed by atoms with Crippen molar-refractivity contribution < 1.29 is 13.2 Å². The Morgan fingerprint density at radius 1 is 1.04 bits per heavy atom. The average molecular weight is 393 g/mol. The topological polar surface area (TPSA) is 75.3 Å². The van der Waals surface area contributed by atoms with E-state index in [-0.39, 0.29) is 10.8 Å². The van der Waals surface area contributed by atoms with E-state index in [4.69, 9.17) is 0 Å². The molecule has 0 spiro atoms. The maximum Gasteiger partial charge on any atom is 0.255 e. The minimum atomic E-state index is -3.71. The number of anilines is 1. The molecule has 2 N–H and O–H groups in total. The second-order valence-corrected chi connectivity index (χ2v) is 9.58. The van der Waals surface area contributed by atoms with E-state index < -0.39 is 15.6 Å². The van der Waals surface area contributed by atoms with Crippen molar-refractivity contribution in [3.63, 3.8) is 0 Å². The Balaban J connectivity index is 2.29. The SMILES string of the molecule is CSc1ccc(NC(=O)c2cc(S(=O)(=O)NC(C)(C)C)ccc2C)cc1. The third kappa shape index (κ3) is 5.33. The van der Waals surface area contributed by atoms with Gasteiger partial charge < -0.3 is 5.32 Å². The lowest BCUT2D eigenvalue weighted by Crippen LogP contribution is -2.40. The van der Waals surface area contributed by atoms with Crippen molar-refractivity contribution in [3.8, 4) is 0 Å². The van der Waals surface area contributed by atoms with Gasteiger partial charge in [0.05, 0.1) is 4.90 Å². The molecule has 140 valence electrons. The lowest BCUT2D eigenvalue weighted by Gasteiger charge is -2.20. The minimum absolute atomic E-state index is 0.0703. The van der Waals surface area contributed by atoms with Crippen LogP contribution in [0, 0.1) is 6.92 Å². The highest BCUT2D eigenvalue weighted by atomic mass is 32.2. The van der Waals surface area contributed by atoms with E-state index in [1.165, 1.54) is 12.1 Å². The highest BCUT2D eigenvalue weighted by Crippen LogP contribution is 2.21. The number of sulfonamides is 1. The Morgan fingerprint density at radius 3 is 2.19 bits per heavy atom. The number of carbonyl (C=O) groups excluding carboxylic acids is 1. The number of amides is 1. The molecule has 5 nitrogen and oxygen atoms in total. The summed E-state index contributed by atoms with van der Waals surface area (Å²) in [7, 11) is -3.71. The van der Waals surface area contributed by atoms with Gasteiger partial charge in [-0.05, 0) is 75.9 Å². The zero-order valence-electron chi connectivity index (χ0n) is 15.6. The Hall–Kier alpha value is -1.83. The standard InChI is InChI=1S/C19H24N2O3S2/c1-13-6-11-16(26(23,24)21-19(2,3)4)12-17(13)18(22)20-14-7-9-15(25-5)10-8-14/h6-12,21H,1-5H3,(H,20,22). The highest BCUT2D eigenvalue weighted by Gasteiger charge is 2.23. The molecule has 0 aliphatic heterocycles. The number of thioether (sulfide) groups is 1. The van der Waals surface area contributed by atoms with Gasteiger partial charge in [-0.25, -0.2) is 13.1 Å². The van der Waals surface area contributed by atoms with Gasteiger partial charge >= 0.3 is 0 Å². The Labute approximate surface area is 159 Å². The summed E-state index contributed by atoms with van der Waals surface area (Å²) in [6.45, 7) is 7.08. The number of rotatable bonds is 5. The fraction of sp³-hybridized carbons (Fsp3) is 0.316. The number of carbonyl (C=O) groups is 1. The zero-order chi connectivity index (χ0) is 19.5. The van der Waals surface area contributed by atoms with Crippen molar-refractivity contribution in [2.24, 2.45) is 0 Å². The van der Waals surface area contributed by atoms with Gasteiger partial charge in [0.1, 0.15) is 0 Å². The van der Waals surface area contributed by atoms with E-state index >= 15 is 0 Å². The van der Waals surface area contributed by atoms with Crippen LogP contribution in [0.3, 0.4) is 0 Å². The molecule has 2 rings (SSSR count). The monoisotopic (exact) mass is 392 g/mol. The second kappa shape index (κ2) is 7.82. The van der Waals surface area contributed by atoms with E-state index in [1.54, 1.807) is 45.5 Å². The number of aryl methyl sites for hydroxylation is 1. The maximum absolute atomic E-state index is 12.6. The Bertz CT molecular complexity index is 899. The lowest BCUT2D eigenvalue weighted by molar-refractivity contribution is 0.102. The number of benzene rings is 2. The van der Waals surface area contributed by atoms with E-state index in [1.807, 2.05) is 30.5 Å². The van der Waals surface area contributed by atoms with Crippen LogP contribution in [0.25, 0.3) is 0 Å². The minimum Gasteiger partial charge on any atom is -0.322 e. The molecule has 0 aromatic heterocycles. The van der Waals surface area contributed by atoms with E-state index in [0.29, 0.717) is 16.8 Å². The lowest BCUT2D eigenvalue weighted by atomic mass is 10.1. The summed E-state index contributed by atoms with van der Waals surface area (Å²) in [5, 5.41) is 2.81. The van der Waals surface area contributed by atoms with Crippen LogP contribution >= 0.6 is 11.8 Å². The fourth-order valence-corrected chi connectivity index (χ4v) is 4.20. The molecule has 7 heteroatoms. The largest absolute Gasteiger partial charge is 0.322 e. The van der Waals surface area contributed by atoms with Gasteiger partial charge in [0, 0.05) is 21.7 Å². The van der Waals surface area contributed by atoms with Gasteiger partial charge in [-0.15, -0.1) is 11.8 Å². The van der Waals surface area contributed by atoms with Crippen molar-refractivity contribution >= 4 is 33.4 Å². The molecule has 0 saturated heterocycles. The number of nitrogens with one attached hydrogen (secondary N) is 2. The highest BCUT2D eigenvalue weighted by molar-refractivity contribution is 7.98. The van der Waals surface area contributed by atoms with Gasteiger partial charge in [0.15, 0.2) is 0 Å². The first-order valence-electron chi connectivity index (χ1n) is 8.12. The molecule has 1 amide bonds. The van der Waals surface area contributed by atoms with Crippen LogP contribution in [0.2, 0.25) is 0 Å². The molecule has 0 saturated carbocycles. The van der Waals surface area contributed by atoms with Crippen LogP contribution in [-0.2, 0) is 10.0 Å². The quantitative estimate of drug-likeness (QED) is 0.753. The summed E-state index contributed by atoms with van der Waals surface area (Å²) in [4.78, 5) is 13.8. The van der Waals surface area contributed by atoms with Gasteiger partial charge in [-0.3, -0.25) is 4.79 Å². The summed E-state index contributed by atoms with van der Waals surface area (Å²) in [6.07, 6.45) is 1.98. The fourth-order valence-electron chi connectivity index (χ4n) is 2.35. The average Bonchev–Trinajstić information content (AvgIpc) is 2.53. The van der Waals surface area contributed by atoms with Gasteiger partial charge in [0.2, 0.25) is 10.0 Å². The molecular formula is C19H24N2O3S2. The summed E-state index contributed by atoms with van der Waals surface area (Å²) in [5.41, 5.74) is 1.09. The van der Waals surface area contributed by atoms with Crippen molar-refractivity contribution in [2.45, 2.75) is 43.0 Å². The zero-order valence-corrected chi connectivity index (χ0v) is 17.2. The predicted octanol–water partition coefficient (Wildman–Crippen LogP) is 4.05. The summed E-state index contributed by atoms with van der Waals surface area (Å²) in [6, 6.07) is 12.0.